The van der Waals surface area contributed by atoms with Crippen LogP contribution in [0.4, 0.5) is 5.69 Å². The number of hydrogen-bond acceptors (Lipinski definition) is 5. The first-order valence-electron chi connectivity index (χ1n) is 6.18. The summed E-state index contributed by atoms with van der Waals surface area (Å²) in [5.41, 5.74) is 0.436. The Balaban J connectivity index is 2.17. The number of anilines is 1. The van der Waals surface area contributed by atoms with E-state index in [4.69, 9.17) is 9.15 Å². The van der Waals surface area contributed by atoms with Crippen LogP contribution >= 0.6 is 15.9 Å². The predicted molar refractivity (Wildman–Crippen MR) is 78.8 cm³/mol. The van der Waals surface area contributed by atoms with Crippen molar-refractivity contribution in [2.45, 2.75) is 19.5 Å². The van der Waals surface area contributed by atoms with E-state index in [1.54, 1.807) is 19.6 Å². The lowest BCUT2D eigenvalue weighted by Gasteiger charge is -2.14. The molecule has 0 aromatic carbocycles. The SMILES string of the molecule is COCCn1ncc(NC(C)c2ccco2)c(Br)c1=O. The fraction of sp³-hybridized carbons (Fsp3) is 0.385. The second-order valence-electron chi connectivity index (χ2n) is 4.27. The molecule has 0 radical (unpaired) electrons. The average molecular weight is 342 g/mol. The third kappa shape index (κ3) is 3.29. The molecule has 0 spiro atoms. The fourth-order valence-corrected chi connectivity index (χ4v) is 2.17. The van der Waals surface area contributed by atoms with Gasteiger partial charge < -0.3 is 14.5 Å². The summed E-state index contributed by atoms with van der Waals surface area (Å²) < 4.78 is 12.1. The molecule has 0 aliphatic rings. The van der Waals surface area contributed by atoms with Gasteiger partial charge in [0.15, 0.2) is 0 Å². The molecule has 0 aliphatic carbocycles. The molecule has 0 saturated heterocycles. The second-order valence-corrected chi connectivity index (χ2v) is 5.07. The quantitative estimate of drug-likeness (QED) is 0.873. The molecule has 7 heteroatoms. The molecule has 1 unspecified atom stereocenters. The first-order chi connectivity index (χ1) is 9.63. The Bertz CT molecular complexity index is 610. The molecule has 0 fully saturated rings. The average Bonchev–Trinajstić information content (AvgIpc) is 2.97. The Hall–Kier alpha value is -1.60. The van der Waals surface area contributed by atoms with Crippen LogP contribution in [0.25, 0.3) is 0 Å². The van der Waals surface area contributed by atoms with Crippen molar-refractivity contribution < 1.29 is 9.15 Å². The molecule has 1 N–H and O–H groups in total. The molecule has 6 nitrogen and oxygen atoms in total. The molecule has 20 heavy (non-hydrogen) atoms. The zero-order chi connectivity index (χ0) is 14.5. The monoisotopic (exact) mass is 341 g/mol. The largest absolute Gasteiger partial charge is 0.467 e. The standard InChI is InChI=1S/C13H16BrN3O3/c1-9(11-4-3-6-20-11)16-10-8-15-17(5-7-19-2)13(18)12(10)14/h3-4,6,8-9,16H,5,7H2,1-2H3. The van der Waals surface area contributed by atoms with Crippen LogP contribution in [-0.2, 0) is 11.3 Å². The van der Waals surface area contributed by atoms with Gasteiger partial charge in [-0.05, 0) is 35.0 Å². The van der Waals surface area contributed by atoms with Crippen LogP contribution in [0.1, 0.15) is 18.7 Å². The molecular weight excluding hydrogens is 326 g/mol. The predicted octanol–water partition coefficient (Wildman–Crippen LogP) is 2.42. The third-order valence-electron chi connectivity index (χ3n) is 2.83. The number of furan rings is 1. The first kappa shape index (κ1) is 14.8. The molecular formula is C13H16BrN3O3. The maximum Gasteiger partial charge on any atom is 0.283 e. The van der Waals surface area contributed by atoms with Crippen LogP contribution < -0.4 is 10.9 Å². The van der Waals surface area contributed by atoms with Crippen LogP contribution in [0.3, 0.4) is 0 Å². The third-order valence-corrected chi connectivity index (χ3v) is 3.60. The topological polar surface area (TPSA) is 69.3 Å². The molecule has 0 saturated carbocycles. The highest BCUT2D eigenvalue weighted by Crippen LogP contribution is 2.23. The van der Waals surface area contributed by atoms with Gasteiger partial charge >= 0.3 is 0 Å². The van der Waals surface area contributed by atoms with Crippen LogP contribution in [0.15, 0.2) is 38.3 Å². The van der Waals surface area contributed by atoms with Crippen LogP contribution in [0.2, 0.25) is 0 Å². The van der Waals surface area contributed by atoms with Crippen molar-refractivity contribution in [3.05, 3.63) is 45.2 Å². The minimum atomic E-state index is -0.196. The van der Waals surface area contributed by atoms with Crippen molar-refractivity contribution in [2.75, 3.05) is 19.0 Å². The highest BCUT2D eigenvalue weighted by Gasteiger charge is 2.13. The number of ether oxygens (including phenoxy) is 1. The molecule has 2 rings (SSSR count). The Morgan fingerprint density at radius 1 is 1.60 bits per heavy atom. The van der Waals surface area contributed by atoms with E-state index in [2.05, 4.69) is 26.3 Å². The highest BCUT2D eigenvalue weighted by atomic mass is 79.9. The van der Waals surface area contributed by atoms with Gasteiger partial charge in [-0.15, -0.1) is 0 Å². The van der Waals surface area contributed by atoms with Gasteiger partial charge in [-0.2, -0.15) is 5.10 Å². The van der Waals surface area contributed by atoms with Gasteiger partial charge in [0, 0.05) is 7.11 Å². The maximum atomic E-state index is 12.1. The number of rotatable bonds is 6. The lowest BCUT2D eigenvalue weighted by molar-refractivity contribution is 0.181. The zero-order valence-corrected chi connectivity index (χ0v) is 12.9. The summed E-state index contributed by atoms with van der Waals surface area (Å²) in [6.07, 6.45) is 3.23. The van der Waals surface area contributed by atoms with E-state index in [-0.39, 0.29) is 11.6 Å². The van der Waals surface area contributed by atoms with Gasteiger partial charge in [0.2, 0.25) is 0 Å². The summed E-state index contributed by atoms with van der Waals surface area (Å²) in [4.78, 5) is 12.1. The lowest BCUT2D eigenvalue weighted by Crippen LogP contribution is -2.26. The molecule has 2 heterocycles. The summed E-state index contributed by atoms with van der Waals surface area (Å²) in [6.45, 7) is 2.80. The van der Waals surface area contributed by atoms with Crippen molar-refractivity contribution in [2.24, 2.45) is 0 Å². The number of halogens is 1. The van der Waals surface area contributed by atoms with Crippen molar-refractivity contribution in [1.29, 1.82) is 0 Å². The summed E-state index contributed by atoms with van der Waals surface area (Å²) in [5.74, 6) is 0.792. The van der Waals surface area contributed by atoms with Crippen molar-refractivity contribution >= 4 is 21.6 Å². The van der Waals surface area contributed by atoms with E-state index in [1.165, 1.54) is 4.68 Å². The van der Waals surface area contributed by atoms with Crippen LogP contribution in [-0.4, -0.2) is 23.5 Å². The lowest BCUT2D eigenvalue weighted by atomic mass is 10.2. The van der Waals surface area contributed by atoms with Crippen molar-refractivity contribution in [1.82, 2.24) is 9.78 Å². The van der Waals surface area contributed by atoms with Crippen LogP contribution in [0, 0.1) is 0 Å². The molecule has 0 amide bonds. The van der Waals surface area contributed by atoms with E-state index in [9.17, 15) is 4.79 Å². The van der Waals surface area contributed by atoms with Gasteiger partial charge in [-0.25, -0.2) is 4.68 Å². The summed E-state index contributed by atoms with van der Waals surface area (Å²) in [7, 11) is 1.58. The molecule has 0 bridgehead atoms. The highest BCUT2D eigenvalue weighted by molar-refractivity contribution is 9.10. The van der Waals surface area contributed by atoms with Gasteiger partial charge in [-0.3, -0.25) is 4.79 Å². The number of methoxy groups -OCH3 is 1. The normalized spacial score (nSPS) is 12.3. The minimum absolute atomic E-state index is 0.0580. The molecule has 0 aliphatic heterocycles. The van der Waals surface area contributed by atoms with E-state index in [0.29, 0.717) is 23.3 Å². The summed E-state index contributed by atoms with van der Waals surface area (Å²) >= 11 is 3.31. The Morgan fingerprint density at radius 3 is 3.05 bits per heavy atom. The van der Waals surface area contributed by atoms with Crippen LogP contribution in [0.5, 0.6) is 0 Å². The number of nitrogens with zero attached hydrogens (tertiary/aromatic N) is 2. The molecule has 2 aromatic rings. The number of hydrogen-bond donors (Lipinski definition) is 1. The zero-order valence-electron chi connectivity index (χ0n) is 11.3. The Morgan fingerprint density at radius 2 is 2.40 bits per heavy atom. The number of nitrogens with one attached hydrogen (secondary N) is 1. The second kappa shape index (κ2) is 6.71. The summed E-state index contributed by atoms with van der Waals surface area (Å²) in [5, 5.41) is 7.30. The maximum absolute atomic E-state index is 12.1. The molecule has 2 aromatic heterocycles. The first-order valence-corrected chi connectivity index (χ1v) is 6.97. The van der Waals surface area contributed by atoms with Crippen molar-refractivity contribution in [3.63, 3.8) is 0 Å². The Kier molecular flexibility index (Phi) is 4.97. The van der Waals surface area contributed by atoms with E-state index >= 15 is 0 Å². The van der Waals surface area contributed by atoms with E-state index in [0.717, 1.165) is 5.76 Å². The van der Waals surface area contributed by atoms with Gasteiger partial charge in [0.1, 0.15) is 10.2 Å². The summed E-state index contributed by atoms with van der Waals surface area (Å²) in [6, 6.07) is 3.64. The number of aromatic nitrogens is 2. The van der Waals surface area contributed by atoms with Gasteiger partial charge in [-0.1, -0.05) is 0 Å². The van der Waals surface area contributed by atoms with E-state index < -0.39 is 0 Å². The Labute approximate surface area is 124 Å². The molecule has 1 atom stereocenters. The van der Waals surface area contributed by atoms with Crippen molar-refractivity contribution in [3.8, 4) is 0 Å². The fourth-order valence-electron chi connectivity index (χ4n) is 1.74. The minimum Gasteiger partial charge on any atom is -0.467 e. The van der Waals surface area contributed by atoms with Gasteiger partial charge in [0.05, 0.1) is 37.3 Å². The smallest absolute Gasteiger partial charge is 0.283 e. The van der Waals surface area contributed by atoms with E-state index in [1.807, 2.05) is 19.1 Å². The van der Waals surface area contributed by atoms with Gasteiger partial charge in [0.25, 0.3) is 5.56 Å². The molecule has 108 valence electrons.